The van der Waals surface area contributed by atoms with E-state index in [0.29, 0.717) is 25.9 Å². The van der Waals surface area contributed by atoms with Crippen LogP contribution in [0.2, 0.25) is 5.02 Å². The molecule has 0 bridgehead atoms. The number of methoxy groups -OCH3 is 1. The molecule has 0 spiro atoms. The first kappa shape index (κ1) is 14.8. The van der Waals surface area contributed by atoms with Crippen LogP contribution in [0.1, 0.15) is 23.2 Å². The average Bonchev–Trinajstić information content (AvgIpc) is 2.46. The van der Waals surface area contributed by atoms with Gasteiger partial charge in [0.1, 0.15) is 5.82 Å². The van der Waals surface area contributed by atoms with Crippen molar-refractivity contribution in [2.45, 2.75) is 12.8 Å². The maximum Gasteiger partial charge on any atom is 0.308 e. The van der Waals surface area contributed by atoms with Crippen molar-refractivity contribution in [3.05, 3.63) is 34.6 Å². The summed E-state index contributed by atoms with van der Waals surface area (Å²) in [4.78, 5) is 25.2. The van der Waals surface area contributed by atoms with Crippen LogP contribution in [0.3, 0.4) is 0 Å². The second-order valence-corrected chi connectivity index (χ2v) is 5.15. The molecule has 2 rings (SSSR count). The zero-order valence-corrected chi connectivity index (χ0v) is 11.8. The molecular weight excluding hydrogens is 285 g/mol. The standard InChI is InChI=1S/C14H15ClFNO3/c1-20-14(19)9-4-6-17(7-5-9)13(18)11-3-2-10(15)8-12(11)16/h2-3,8-9H,4-7H2,1H3. The van der Waals surface area contributed by atoms with Crippen LogP contribution < -0.4 is 0 Å². The van der Waals surface area contributed by atoms with Gasteiger partial charge in [-0.1, -0.05) is 11.6 Å². The number of amides is 1. The second kappa shape index (κ2) is 6.22. The Kier molecular flexibility index (Phi) is 4.60. The molecule has 1 aliphatic rings. The predicted molar refractivity (Wildman–Crippen MR) is 72.1 cm³/mol. The summed E-state index contributed by atoms with van der Waals surface area (Å²) in [6, 6.07) is 3.99. The number of likely N-dealkylation sites (tertiary alicyclic amines) is 1. The van der Waals surface area contributed by atoms with Crippen LogP contribution in [0, 0.1) is 11.7 Å². The van der Waals surface area contributed by atoms with Crippen molar-refractivity contribution < 1.29 is 18.7 Å². The summed E-state index contributed by atoms with van der Waals surface area (Å²) >= 11 is 5.66. The molecule has 0 N–H and O–H groups in total. The number of halogens is 2. The summed E-state index contributed by atoms with van der Waals surface area (Å²) in [7, 11) is 1.35. The SMILES string of the molecule is COC(=O)C1CCN(C(=O)c2ccc(Cl)cc2F)CC1. The number of hydrogen-bond acceptors (Lipinski definition) is 3. The van der Waals surface area contributed by atoms with Crippen LogP contribution in [0.4, 0.5) is 4.39 Å². The van der Waals surface area contributed by atoms with E-state index in [-0.39, 0.29) is 28.4 Å². The van der Waals surface area contributed by atoms with Gasteiger partial charge in [-0.25, -0.2) is 4.39 Å². The van der Waals surface area contributed by atoms with Crippen molar-refractivity contribution in [3.8, 4) is 0 Å². The molecule has 0 aliphatic carbocycles. The van der Waals surface area contributed by atoms with Crippen LogP contribution in [0.25, 0.3) is 0 Å². The number of ether oxygens (including phenoxy) is 1. The maximum absolute atomic E-state index is 13.7. The average molecular weight is 300 g/mol. The number of esters is 1. The topological polar surface area (TPSA) is 46.6 Å². The van der Waals surface area contributed by atoms with Gasteiger partial charge >= 0.3 is 5.97 Å². The van der Waals surface area contributed by atoms with Gasteiger partial charge in [-0.05, 0) is 31.0 Å². The highest BCUT2D eigenvalue weighted by molar-refractivity contribution is 6.30. The molecule has 1 amide bonds. The minimum Gasteiger partial charge on any atom is -0.469 e. The van der Waals surface area contributed by atoms with E-state index in [9.17, 15) is 14.0 Å². The smallest absolute Gasteiger partial charge is 0.308 e. The molecule has 0 unspecified atom stereocenters. The van der Waals surface area contributed by atoms with Crippen LogP contribution in [0.5, 0.6) is 0 Å². The van der Waals surface area contributed by atoms with E-state index in [1.165, 1.54) is 19.2 Å². The maximum atomic E-state index is 13.7. The molecule has 1 fully saturated rings. The molecule has 1 aliphatic heterocycles. The summed E-state index contributed by atoms with van der Waals surface area (Å²) < 4.78 is 18.4. The van der Waals surface area contributed by atoms with Crippen molar-refractivity contribution in [2.75, 3.05) is 20.2 Å². The third-order valence-corrected chi connectivity index (χ3v) is 3.71. The van der Waals surface area contributed by atoms with Gasteiger partial charge < -0.3 is 9.64 Å². The first-order valence-electron chi connectivity index (χ1n) is 6.35. The molecule has 0 atom stereocenters. The fraction of sp³-hybridized carbons (Fsp3) is 0.429. The van der Waals surface area contributed by atoms with Crippen LogP contribution >= 0.6 is 11.6 Å². The van der Waals surface area contributed by atoms with Gasteiger partial charge in [-0.3, -0.25) is 9.59 Å². The predicted octanol–water partition coefficient (Wildman–Crippen LogP) is 2.50. The lowest BCUT2D eigenvalue weighted by atomic mass is 9.96. The summed E-state index contributed by atoms with van der Waals surface area (Å²) in [5, 5.41) is 0.253. The van der Waals surface area contributed by atoms with Gasteiger partial charge in [0.15, 0.2) is 0 Å². The Morgan fingerprint density at radius 2 is 2.00 bits per heavy atom. The summed E-state index contributed by atoms with van der Waals surface area (Å²) in [6.07, 6.45) is 1.07. The molecule has 20 heavy (non-hydrogen) atoms. The molecule has 108 valence electrons. The second-order valence-electron chi connectivity index (χ2n) is 4.71. The molecule has 6 heteroatoms. The number of nitrogens with zero attached hydrogens (tertiary/aromatic N) is 1. The molecule has 1 saturated heterocycles. The van der Waals surface area contributed by atoms with Gasteiger partial charge in [0.05, 0.1) is 18.6 Å². The van der Waals surface area contributed by atoms with Crippen molar-refractivity contribution >= 4 is 23.5 Å². The Morgan fingerprint density at radius 3 is 2.55 bits per heavy atom. The van der Waals surface area contributed by atoms with E-state index in [2.05, 4.69) is 4.74 Å². The summed E-state index contributed by atoms with van der Waals surface area (Å²) in [6.45, 7) is 0.835. The summed E-state index contributed by atoms with van der Waals surface area (Å²) in [5.41, 5.74) is 0.00548. The Labute approximate surface area is 121 Å². The van der Waals surface area contributed by atoms with Crippen LogP contribution in [0.15, 0.2) is 18.2 Å². The zero-order valence-electron chi connectivity index (χ0n) is 11.1. The third kappa shape index (κ3) is 3.10. The van der Waals surface area contributed by atoms with Crippen molar-refractivity contribution in [1.82, 2.24) is 4.90 Å². The van der Waals surface area contributed by atoms with Crippen molar-refractivity contribution in [1.29, 1.82) is 0 Å². The number of piperidine rings is 1. The number of benzene rings is 1. The molecule has 1 aromatic carbocycles. The normalized spacial score (nSPS) is 16.1. The van der Waals surface area contributed by atoms with Crippen molar-refractivity contribution in [2.24, 2.45) is 5.92 Å². The van der Waals surface area contributed by atoms with Crippen LogP contribution in [-0.2, 0) is 9.53 Å². The lowest BCUT2D eigenvalue weighted by Crippen LogP contribution is -2.40. The molecular formula is C14H15ClFNO3. The zero-order chi connectivity index (χ0) is 14.7. The Hall–Kier alpha value is -1.62. The fourth-order valence-electron chi connectivity index (χ4n) is 2.32. The lowest BCUT2D eigenvalue weighted by Gasteiger charge is -2.30. The highest BCUT2D eigenvalue weighted by Gasteiger charge is 2.29. The van der Waals surface area contributed by atoms with Gasteiger partial charge in [0.25, 0.3) is 5.91 Å². The Balaban J connectivity index is 2.03. The van der Waals surface area contributed by atoms with Crippen LogP contribution in [-0.4, -0.2) is 37.0 Å². The quantitative estimate of drug-likeness (QED) is 0.788. The number of carbonyl (C=O) groups is 2. The van der Waals surface area contributed by atoms with E-state index in [0.717, 1.165) is 6.07 Å². The van der Waals surface area contributed by atoms with Gasteiger partial charge in [-0.2, -0.15) is 0 Å². The first-order valence-corrected chi connectivity index (χ1v) is 6.73. The molecule has 1 aromatic rings. The Morgan fingerprint density at radius 1 is 1.35 bits per heavy atom. The highest BCUT2D eigenvalue weighted by atomic mass is 35.5. The monoisotopic (exact) mass is 299 g/mol. The lowest BCUT2D eigenvalue weighted by molar-refractivity contribution is -0.146. The minimum atomic E-state index is -0.627. The number of rotatable bonds is 2. The van der Waals surface area contributed by atoms with E-state index in [1.807, 2.05) is 0 Å². The van der Waals surface area contributed by atoms with Gasteiger partial charge in [-0.15, -0.1) is 0 Å². The number of carbonyl (C=O) groups excluding carboxylic acids is 2. The molecule has 0 aromatic heterocycles. The molecule has 4 nitrogen and oxygen atoms in total. The van der Waals surface area contributed by atoms with E-state index in [4.69, 9.17) is 11.6 Å². The van der Waals surface area contributed by atoms with E-state index >= 15 is 0 Å². The largest absolute Gasteiger partial charge is 0.469 e. The third-order valence-electron chi connectivity index (χ3n) is 3.48. The summed E-state index contributed by atoms with van der Waals surface area (Å²) in [5.74, 6) is -1.44. The molecule has 1 heterocycles. The Bertz CT molecular complexity index is 527. The fourth-order valence-corrected chi connectivity index (χ4v) is 2.48. The van der Waals surface area contributed by atoms with Crippen molar-refractivity contribution in [3.63, 3.8) is 0 Å². The van der Waals surface area contributed by atoms with Gasteiger partial charge in [0.2, 0.25) is 0 Å². The minimum absolute atomic E-state index is 0.00548. The first-order chi connectivity index (χ1) is 9.52. The molecule has 0 radical (unpaired) electrons. The highest BCUT2D eigenvalue weighted by Crippen LogP contribution is 2.22. The van der Waals surface area contributed by atoms with E-state index in [1.54, 1.807) is 4.90 Å². The van der Waals surface area contributed by atoms with Gasteiger partial charge in [0, 0.05) is 18.1 Å². The molecule has 0 saturated carbocycles. The van der Waals surface area contributed by atoms with E-state index < -0.39 is 5.82 Å². The number of hydrogen-bond donors (Lipinski definition) is 0.